The molecular weight excluding hydrogens is 329 g/mol. The molecular formula is C14H17BrFNO3. The summed E-state index contributed by atoms with van der Waals surface area (Å²) >= 11 is 3.22. The second-order valence-electron chi connectivity index (χ2n) is 5.24. The smallest absolute Gasteiger partial charge is 0.408 e. The molecule has 0 aliphatic rings. The highest BCUT2D eigenvalue weighted by atomic mass is 79.9. The van der Waals surface area contributed by atoms with Gasteiger partial charge in [0.2, 0.25) is 0 Å². The molecule has 1 amide bonds. The Morgan fingerprint density at radius 2 is 2.15 bits per heavy atom. The van der Waals surface area contributed by atoms with E-state index in [-0.39, 0.29) is 12.0 Å². The van der Waals surface area contributed by atoms with E-state index in [1.165, 1.54) is 12.1 Å². The summed E-state index contributed by atoms with van der Waals surface area (Å²) in [6, 6.07) is 3.67. The molecule has 20 heavy (non-hydrogen) atoms. The zero-order chi connectivity index (χ0) is 15.3. The zero-order valence-electron chi connectivity index (χ0n) is 11.6. The molecule has 0 saturated heterocycles. The van der Waals surface area contributed by atoms with Crippen molar-refractivity contribution in [2.24, 2.45) is 0 Å². The number of halogens is 2. The van der Waals surface area contributed by atoms with Crippen molar-refractivity contribution in [3.63, 3.8) is 0 Å². The fourth-order valence-electron chi connectivity index (χ4n) is 1.64. The Hall–Kier alpha value is -1.43. The summed E-state index contributed by atoms with van der Waals surface area (Å²) in [6.07, 6.45) is -0.112. The Bertz CT molecular complexity index is 479. The van der Waals surface area contributed by atoms with Crippen molar-refractivity contribution in [1.82, 2.24) is 5.32 Å². The standard InChI is InChI=1S/C14H17BrFNO3/c1-14(2,3)20-13(19)17-11(7-8-18)12-9(15)5-4-6-10(12)16/h4-6,8,11H,7H2,1-3H3,(H,17,19)/t11-/m0/s1. The first-order chi connectivity index (χ1) is 9.24. The van der Waals surface area contributed by atoms with E-state index >= 15 is 0 Å². The molecule has 0 unspecified atom stereocenters. The number of hydrogen-bond donors (Lipinski definition) is 1. The third-order valence-electron chi connectivity index (χ3n) is 2.37. The number of nitrogens with one attached hydrogen (secondary N) is 1. The second kappa shape index (κ2) is 6.83. The summed E-state index contributed by atoms with van der Waals surface area (Å²) in [5, 5.41) is 2.51. The lowest BCUT2D eigenvalue weighted by Gasteiger charge is -2.23. The Morgan fingerprint density at radius 1 is 1.50 bits per heavy atom. The summed E-state index contributed by atoms with van der Waals surface area (Å²) in [5.41, 5.74) is -0.437. The van der Waals surface area contributed by atoms with Gasteiger partial charge in [-0.15, -0.1) is 0 Å². The molecule has 0 bridgehead atoms. The van der Waals surface area contributed by atoms with Crippen molar-refractivity contribution in [3.05, 3.63) is 34.1 Å². The van der Waals surface area contributed by atoms with Crippen LogP contribution in [0.1, 0.15) is 38.8 Å². The van der Waals surface area contributed by atoms with E-state index < -0.39 is 23.6 Å². The minimum absolute atomic E-state index is 0.0429. The van der Waals surface area contributed by atoms with Crippen LogP contribution in [0.5, 0.6) is 0 Å². The number of hydrogen-bond acceptors (Lipinski definition) is 3. The summed E-state index contributed by atoms with van der Waals surface area (Å²) in [5.74, 6) is -0.498. The number of carbonyl (C=O) groups excluding carboxylic acids is 2. The van der Waals surface area contributed by atoms with Gasteiger partial charge in [0.15, 0.2) is 0 Å². The molecule has 1 atom stereocenters. The van der Waals surface area contributed by atoms with Gasteiger partial charge in [0, 0.05) is 16.5 Å². The lowest BCUT2D eigenvalue weighted by Crippen LogP contribution is -2.35. The minimum Gasteiger partial charge on any atom is -0.444 e. The van der Waals surface area contributed by atoms with Gasteiger partial charge in [0.1, 0.15) is 17.7 Å². The van der Waals surface area contributed by atoms with Gasteiger partial charge in [-0.25, -0.2) is 9.18 Å². The number of benzene rings is 1. The van der Waals surface area contributed by atoms with Crippen LogP contribution in [0, 0.1) is 5.82 Å². The predicted molar refractivity (Wildman–Crippen MR) is 76.9 cm³/mol. The summed E-state index contributed by atoms with van der Waals surface area (Å²) in [4.78, 5) is 22.5. The Kier molecular flexibility index (Phi) is 5.68. The quantitative estimate of drug-likeness (QED) is 0.845. The van der Waals surface area contributed by atoms with Crippen LogP contribution in [0.3, 0.4) is 0 Å². The second-order valence-corrected chi connectivity index (χ2v) is 6.09. The van der Waals surface area contributed by atoms with Gasteiger partial charge in [-0.3, -0.25) is 0 Å². The highest BCUT2D eigenvalue weighted by Crippen LogP contribution is 2.28. The number of alkyl carbamates (subject to hydrolysis) is 1. The highest BCUT2D eigenvalue weighted by Gasteiger charge is 2.23. The predicted octanol–water partition coefficient (Wildman–Crippen LogP) is 3.74. The van der Waals surface area contributed by atoms with Crippen LogP contribution in [0.25, 0.3) is 0 Å². The van der Waals surface area contributed by atoms with E-state index in [0.717, 1.165) is 0 Å². The van der Waals surface area contributed by atoms with E-state index in [1.54, 1.807) is 26.8 Å². The molecule has 1 N–H and O–H groups in total. The van der Waals surface area contributed by atoms with Crippen LogP contribution in [0.15, 0.2) is 22.7 Å². The molecule has 0 spiro atoms. The van der Waals surface area contributed by atoms with Crippen molar-refractivity contribution in [1.29, 1.82) is 0 Å². The van der Waals surface area contributed by atoms with E-state index in [0.29, 0.717) is 10.8 Å². The molecule has 0 saturated carbocycles. The minimum atomic E-state index is -0.780. The fourth-order valence-corrected chi connectivity index (χ4v) is 2.26. The molecule has 0 aliphatic heterocycles. The zero-order valence-corrected chi connectivity index (χ0v) is 13.2. The summed E-state index contributed by atoms with van der Waals surface area (Å²) in [6.45, 7) is 5.17. The number of rotatable bonds is 4. The summed E-state index contributed by atoms with van der Waals surface area (Å²) in [7, 11) is 0. The monoisotopic (exact) mass is 345 g/mol. The number of ether oxygens (including phenoxy) is 1. The first-order valence-electron chi connectivity index (χ1n) is 6.11. The number of carbonyl (C=O) groups is 2. The molecule has 110 valence electrons. The van der Waals surface area contributed by atoms with E-state index in [9.17, 15) is 14.0 Å². The SMILES string of the molecule is CC(C)(C)OC(=O)N[C@@H](CC=O)c1c(F)cccc1Br. The maximum atomic E-state index is 13.9. The molecule has 1 rings (SSSR count). The maximum absolute atomic E-state index is 13.9. The Labute approximate surface area is 125 Å². The van der Waals surface area contributed by atoms with Gasteiger partial charge in [0.05, 0.1) is 6.04 Å². The highest BCUT2D eigenvalue weighted by molar-refractivity contribution is 9.10. The van der Waals surface area contributed by atoms with Crippen molar-refractivity contribution >= 4 is 28.3 Å². The summed E-state index contributed by atoms with van der Waals surface area (Å²) < 4.78 is 19.5. The molecule has 4 nitrogen and oxygen atoms in total. The lowest BCUT2D eigenvalue weighted by molar-refractivity contribution is -0.108. The third-order valence-corrected chi connectivity index (χ3v) is 3.06. The Morgan fingerprint density at radius 3 is 2.65 bits per heavy atom. The van der Waals surface area contributed by atoms with Crippen LogP contribution >= 0.6 is 15.9 Å². The van der Waals surface area contributed by atoms with Crippen molar-refractivity contribution in [3.8, 4) is 0 Å². The van der Waals surface area contributed by atoms with E-state index in [2.05, 4.69) is 21.2 Å². The molecule has 6 heteroatoms. The maximum Gasteiger partial charge on any atom is 0.408 e. The van der Waals surface area contributed by atoms with Crippen LogP contribution in [0.4, 0.5) is 9.18 Å². The molecule has 0 fully saturated rings. The van der Waals surface area contributed by atoms with Crippen LogP contribution in [-0.4, -0.2) is 18.0 Å². The largest absolute Gasteiger partial charge is 0.444 e. The average Bonchev–Trinajstić information content (AvgIpc) is 2.26. The van der Waals surface area contributed by atoms with Crippen molar-refractivity contribution < 1.29 is 18.7 Å². The van der Waals surface area contributed by atoms with E-state index in [4.69, 9.17) is 4.74 Å². The molecule has 0 heterocycles. The first kappa shape index (κ1) is 16.6. The van der Waals surface area contributed by atoms with Crippen LogP contribution in [-0.2, 0) is 9.53 Å². The Balaban J connectivity index is 2.95. The van der Waals surface area contributed by atoms with Gasteiger partial charge < -0.3 is 14.8 Å². The number of amides is 1. The fraction of sp³-hybridized carbons (Fsp3) is 0.429. The molecule has 1 aromatic carbocycles. The lowest BCUT2D eigenvalue weighted by atomic mass is 10.0. The van der Waals surface area contributed by atoms with Gasteiger partial charge in [-0.2, -0.15) is 0 Å². The molecule has 1 aromatic rings. The van der Waals surface area contributed by atoms with Crippen molar-refractivity contribution in [2.45, 2.75) is 38.8 Å². The van der Waals surface area contributed by atoms with Crippen LogP contribution in [0.2, 0.25) is 0 Å². The van der Waals surface area contributed by atoms with Gasteiger partial charge in [-0.1, -0.05) is 22.0 Å². The van der Waals surface area contributed by atoms with E-state index in [1.807, 2.05) is 0 Å². The average molecular weight is 346 g/mol. The molecule has 0 aliphatic carbocycles. The van der Waals surface area contributed by atoms with Crippen LogP contribution < -0.4 is 5.32 Å². The third kappa shape index (κ3) is 4.92. The first-order valence-corrected chi connectivity index (χ1v) is 6.91. The molecule has 0 radical (unpaired) electrons. The topological polar surface area (TPSA) is 55.4 Å². The van der Waals surface area contributed by atoms with Gasteiger partial charge >= 0.3 is 6.09 Å². The van der Waals surface area contributed by atoms with Gasteiger partial charge in [-0.05, 0) is 32.9 Å². The molecule has 0 aromatic heterocycles. The van der Waals surface area contributed by atoms with Crippen molar-refractivity contribution in [2.75, 3.05) is 0 Å². The van der Waals surface area contributed by atoms with Gasteiger partial charge in [0.25, 0.3) is 0 Å². The normalized spacial score (nSPS) is 12.7. The number of aldehydes is 1.